The second-order valence-corrected chi connectivity index (χ2v) is 5.55. The molecular weight excluding hydrogens is 236 g/mol. The number of aromatic nitrogens is 1. The highest BCUT2D eigenvalue weighted by Gasteiger charge is 2.30. The van der Waals surface area contributed by atoms with Crippen molar-refractivity contribution in [2.45, 2.75) is 32.6 Å². The first kappa shape index (κ1) is 12.3. The Hall–Kier alpha value is -1.77. The number of nitrogens with one attached hydrogen (secondary N) is 1. The molecule has 1 aromatic heterocycles. The molecule has 3 heteroatoms. The number of primary amides is 1. The van der Waals surface area contributed by atoms with Crippen molar-refractivity contribution in [3.63, 3.8) is 0 Å². The van der Waals surface area contributed by atoms with Crippen LogP contribution in [0.4, 0.5) is 0 Å². The van der Waals surface area contributed by atoms with E-state index in [4.69, 9.17) is 5.73 Å². The lowest BCUT2D eigenvalue weighted by Gasteiger charge is -2.27. The number of amides is 1. The molecule has 3 N–H and O–H groups in total. The summed E-state index contributed by atoms with van der Waals surface area (Å²) in [5.41, 5.74) is 9.47. The molecule has 0 bridgehead atoms. The molecule has 0 fully saturated rings. The number of carbonyl (C=O) groups is 1. The van der Waals surface area contributed by atoms with Crippen LogP contribution in [-0.4, -0.2) is 10.9 Å². The Morgan fingerprint density at radius 2 is 2.26 bits per heavy atom. The smallest absolute Gasteiger partial charge is 0.220 e. The number of hydrogen-bond donors (Lipinski definition) is 2. The van der Waals surface area contributed by atoms with Crippen LogP contribution < -0.4 is 5.73 Å². The second kappa shape index (κ2) is 4.72. The number of carbonyl (C=O) groups excluding carboxylic acids is 1. The van der Waals surface area contributed by atoms with E-state index in [2.05, 4.69) is 36.2 Å². The van der Waals surface area contributed by atoms with Gasteiger partial charge in [0.05, 0.1) is 0 Å². The number of rotatable bonds is 3. The predicted octanol–water partition coefficient (Wildman–Crippen LogP) is 2.78. The Balaban J connectivity index is 1.94. The Kier molecular flexibility index (Phi) is 3.05. The van der Waals surface area contributed by atoms with E-state index >= 15 is 0 Å². The largest absolute Gasteiger partial charge is 0.369 e. The summed E-state index contributed by atoms with van der Waals surface area (Å²) in [5.74, 6) is 0.259. The number of benzene rings is 1. The lowest BCUT2D eigenvalue weighted by Crippen LogP contribution is -2.32. The molecule has 1 amide bonds. The molecule has 0 spiro atoms. The fourth-order valence-electron chi connectivity index (χ4n) is 3.52. The van der Waals surface area contributed by atoms with E-state index in [-0.39, 0.29) is 11.8 Å². The number of hydrogen-bond acceptors (Lipinski definition) is 1. The van der Waals surface area contributed by atoms with Crippen molar-refractivity contribution in [1.29, 1.82) is 0 Å². The molecule has 2 atom stereocenters. The highest BCUT2D eigenvalue weighted by atomic mass is 16.1. The summed E-state index contributed by atoms with van der Waals surface area (Å²) in [6.07, 6.45) is 3.91. The van der Waals surface area contributed by atoms with Gasteiger partial charge in [0, 0.05) is 22.5 Å². The predicted molar refractivity (Wildman–Crippen MR) is 76.8 cm³/mol. The van der Waals surface area contributed by atoms with Crippen LogP contribution in [0.25, 0.3) is 10.9 Å². The first-order valence-electron chi connectivity index (χ1n) is 7.08. The molecule has 0 saturated heterocycles. The minimum Gasteiger partial charge on any atom is -0.369 e. The summed E-state index contributed by atoms with van der Waals surface area (Å²) in [4.78, 5) is 15.0. The van der Waals surface area contributed by atoms with E-state index in [0.717, 1.165) is 25.7 Å². The number of aromatic amines is 1. The van der Waals surface area contributed by atoms with Gasteiger partial charge in [-0.3, -0.25) is 4.79 Å². The number of aryl methyl sites for hydroxylation is 1. The van der Waals surface area contributed by atoms with Crippen molar-refractivity contribution in [1.82, 2.24) is 4.98 Å². The van der Waals surface area contributed by atoms with Gasteiger partial charge in [0.25, 0.3) is 0 Å². The van der Waals surface area contributed by atoms with Crippen LogP contribution in [0.2, 0.25) is 0 Å². The Bertz CT molecular complexity index is 614. The van der Waals surface area contributed by atoms with Crippen LogP contribution in [-0.2, 0) is 17.6 Å². The van der Waals surface area contributed by atoms with Crippen molar-refractivity contribution in [3.05, 3.63) is 35.5 Å². The van der Waals surface area contributed by atoms with Crippen molar-refractivity contribution < 1.29 is 4.79 Å². The summed E-state index contributed by atoms with van der Waals surface area (Å²) in [5, 5.41) is 1.34. The lowest BCUT2D eigenvalue weighted by molar-refractivity contribution is -0.123. The second-order valence-electron chi connectivity index (χ2n) is 5.55. The van der Waals surface area contributed by atoms with E-state index in [1.54, 1.807) is 0 Å². The number of H-pyrrole nitrogens is 1. The van der Waals surface area contributed by atoms with E-state index in [9.17, 15) is 4.79 Å². The molecule has 1 heterocycles. The Labute approximate surface area is 113 Å². The quantitative estimate of drug-likeness (QED) is 0.871. The van der Waals surface area contributed by atoms with Crippen molar-refractivity contribution in [2.75, 3.05) is 0 Å². The van der Waals surface area contributed by atoms with Crippen LogP contribution in [0.3, 0.4) is 0 Å². The van der Waals surface area contributed by atoms with Gasteiger partial charge in [-0.2, -0.15) is 0 Å². The first-order chi connectivity index (χ1) is 9.20. The number of para-hydroxylation sites is 1. The monoisotopic (exact) mass is 256 g/mol. The molecule has 19 heavy (non-hydrogen) atoms. The highest BCUT2D eigenvalue weighted by Crippen LogP contribution is 2.35. The van der Waals surface area contributed by atoms with Gasteiger partial charge in [-0.05, 0) is 43.2 Å². The third-order valence-electron chi connectivity index (χ3n) is 4.51. The SMILES string of the molecule is CCC(C(N)=O)C1CCc2c([nH]c3ccccc23)C1. The van der Waals surface area contributed by atoms with E-state index in [1.165, 1.54) is 22.2 Å². The third kappa shape index (κ3) is 2.03. The van der Waals surface area contributed by atoms with Crippen LogP contribution in [0.15, 0.2) is 24.3 Å². The molecule has 100 valence electrons. The summed E-state index contributed by atoms with van der Waals surface area (Å²) in [6.45, 7) is 2.05. The van der Waals surface area contributed by atoms with Crippen LogP contribution in [0.1, 0.15) is 31.0 Å². The van der Waals surface area contributed by atoms with Crippen molar-refractivity contribution in [2.24, 2.45) is 17.6 Å². The van der Waals surface area contributed by atoms with Gasteiger partial charge in [0.15, 0.2) is 0 Å². The zero-order valence-corrected chi connectivity index (χ0v) is 11.3. The van der Waals surface area contributed by atoms with Crippen LogP contribution in [0, 0.1) is 11.8 Å². The lowest BCUT2D eigenvalue weighted by atomic mass is 9.77. The maximum atomic E-state index is 11.5. The summed E-state index contributed by atoms with van der Waals surface area (Å²) in [6, 6.07) is 8.44. The standard InChI is InChI=1S/C16H20N2O/c1-2-11(16(17)19)10-7-8-13-12-5-3-4-6-14(12)18-15(13)9-10/h3-6,10-11,18H,2,7-9H2,1H3,(H2,17,19). The van der Waals surface area contributed by atoms with E-state index in [0.29, 0.717) is 5.92 Å². The van der Waals surface area contributed by atoms with Gasteiger partial charge in [-0.25, -0.2) is 0 Å². The van der Waals surface area contributed by atoms with Crippen molar-refractivity contribution in [3.8, 4) is 0 Å². The number of fused-ring (bicyclic) bond motifs is 3. The third-order valence-corrected chi connectivity index (χ3v) is 4.51. The minimum absolute atomic E-state index is 0.0135. The minimum atomic E-state index is -0.146. The fourth-order valence-corrected chi connectivity index (χ4v) is 3.52. The molecule has 2 aromatic rings. The maximum absolute atomic E-state index is 11.5. The zero-order valence-electron chi connectivity index (χ0n) is 11.3. The summed E-state index contributed by atoms with van der Waals surface area (Å²) in [7, 11) is 0. The molecule has 1 aromatic carbocycles. The molecule has 0 aliphatic heterocycles. The van der Waals surface area contributed by atoms with Gasteiger partial charge >= 0.3 is 0 Å². The van der Waals surface area contributed by atoms with Gasteiger partial charge < -0.3 is 10.7 Å². The molecule has 3 rings (SSSR count). The summed E-state index contributed by atoms with van der Waals surface area (Å²) < 4.78 is 0. The zero-order chi connectivity index (χ0) is 13.4. The molecule has 1 aliphatic rings. The molecule has 0 radical (unpaired) electrons. The Morgan fingerprint density at radius 3 is 3.00 bits per heavy atom. The summed E-state index contributed by atoms with van der Waals surface area (Å²) >= 11 is 0. The topological polar surface area (TPSA) is 58.9 Å². The molecular formula is C16H20N2O. The van der Waals surface area contributed by atoms with Gasteiger partial charge in [-0.15, -0.1) is 0 Å². The molecule has 1 aliphatic carbocycles. The van der Waals surface area contributed by atoms with Crippen LogP contribution >= 0.6 is 0 Å². The normalized spacial score (nSPS) is 20.2. The molecule has 0 saturated carbocycles. The first-order valence-corrected chi connectivity index (χ1v) is 7.08. The fraction of sp³-hybridized carbons (Fsp3) is 0.438. The van der Waals surface area contributed by atoms with Gasteiger partial charge in [-0.1, -0.05) is 25.1 Å². The van der Waals surface area contributed by atoms with Crippen molar-refractivity contribution >= 4 is 16.8 Å². The molecule has 3 nitrogen and oxygen atoms in total. The van der Waals surface area contributed by atoms with Crippen LogP contribution in [0.5, 0.6) is 0 Å². The highest BCUT2D eigenvalue weighted by molar-refractivity contribution is 5.85. The van der Waals surface area contributed by atoms with E-state index in [1.807, 2.05) is 0 Å². The average molecular weight is 256 g/mol. The maximum Gasteiger partial charge on any atom is 0.220 e. The average Bonchev–Trinajstić information content (AvgIpc) is 2.76. The van der Waals surface area contributed by atoms with E-state index < -0.39 is 0 Å². The van der Waals surface area contributed by atoms with Gasteiger partial charge in [0.2, 0.25) is 5.91 Å². The molecule has 2 unspecified atom stereocenters. The van der Waals surface area contributed by atoms with Gasteiger partial charge in [0.1, 0.15) is 0 Å². The number of nitrogens with two attached hydrogens (primary N) is 1. The Morgan fingerprint density at radius 1 is 1.47 bits per heavy atom.